The topological polar surface area (TPSA) is 55.1 Å². The molecule has 0 aromatic heterocycles. The lowest BCUT2D eigenvalue weighted by Crippen LogP contribution is -2.53. The lowest BCUT2D eigenvalue weighted by Gasteiger charge is -2.23. The summed E-state index contributed by atoms with van der Waals surface area (Å²) in [6, 6.07) is 0. The van der Waals surface area contributed by atoms with Gasteiger partial charge in [-0.05, 0) is 38.0 Å². The molecule has 0 aromatic carbocycles. The van der Waals surface area contributed by atoms with E-state index in [-0.39, 0.29) is 5.91 Å². The van der Waals surface area contributed by atoms with Gasteiger partial charge in [0.1, 0.15) is 0 Å². The summed E-state index contributed by atoms with van der Waals surface area (Å²) in [5.41, 5.74) is 5.42. The summed E-state index contributed by atoms with van der Waals surface area (Å²) in [5, 5.41) is 3.01. The van der Waals surface area contributed by atoms with Crippen molar-refractivity contribution in [1.82, 2.24) is 5.32 Å². The zero-order valence-electron chi connectivity index (χ0n) is 10.3. The maximum atomic E-state index is 11.9. The molecule has 0 saturated heterocycles. The van der Waals surface area contributed by atoms with E-state index in [0.29, 0.717) is 5.92 Å². The van der Waals surface area contributed by atoms with Crippen molar-refractivity contribution in [3.8, 4) is 0 Å². The second kappa shape index (κ2) is 4.74. The highest BCUT2D eigenvalue weighted by atomic mass is 16.2. The quantitative estimate of drug-likeness (QED) is 0.748. The zero-order chi connectivity index (χ0) is 11.6. The predicted molar refractivity (Wildman–Crippen MR) is 64.9 cm³/mol. The number of rotatable bonds is 5. The molecule has 1 amide bonds. The maximum absolute atomic E-state index is 11.9. The van der Waals surface area contributed by atoms with Gasteiger partial charge in [-0.25, -0.2) is 0 Å². The molecule has 1 atom stereocenters. The monoisotopic (exact) mass is 224 g/mol. The Kier molecular flexibility index (Phi) is 3.53. The third-order valence-electron chi connectivity index (χ3n) is 4.23. The number of carbonyl (C=O) groups is 1. The first kappa shape index (κ1) is 11.9. The summed E-state index contributed by atoms with van der Waals surface area (Å²) in [7, 11) is 0. The van der Waals surface area contributed by atoms with Gasteiger partial charge < -0.3 is 11.1 Å². The van der Waals surface area contributed by atoms with Gasteiger partial charge >= 0.3 is 0 Å². The van der Waals surface area contributed by atoms with Gasteiger partial charge in [0.2, 0.25) is 5.91 Å². The Morgan fingerprint density at radius 3 is 2.50 bits per heavy atom. The molecule has 3 heteroatoms. The molecule has 2 rings (SSSR count). The Morgan fingerprint density at radius 2 is 1.94 bits per heavy atom. The third kappa shape index (κ3) is 2.76. The highest BCUT2D eigenvalue weighted by molar-refractivity contribution is 5.86. The van der Waals surface area contributed by atoms with E-state index < -0.39 is 5.54 Å². The van der Waals surface area contributed by atoms with Gasteiger partial charge in [-0.1, -0.05) is 25.7 Å². The molecule has 0 spiro atoms. The van der Waals surface area contributed by atoms with Crippen LogP contribution in [0, 0.1) is 11.8 Å². The van der Waals surface area contributed by atoms with Crippen molar-refractivity contribution >= 4 is 5.91 Å². The van der Waals surface area contributed by atoms with Crippen LogP contribution in [0.2, 0.25) is 0 Å². The minimum Gasteiger partial charge on any atom is -0.354 e. The summed E-state index contributed by atoms with van der Waals surface area (Å²) in [6.07, 6.45) is 8.79. The van der Waals surface area contributed by atoms with E-state index in [9.17, 15) is 4.79 Å². The van der Waals surface area contributed by atoms with Crippen LogP contribution in [-0.4, -0.2) is 18.0 Å². The minimum absolute atomic E-state index is 0.0491. The van der Waals surface area contributed by atoms with Crippen molar-refractivity contribution in [3.05, 3.63) is 0 Å². The van der Waals surface area contributed by atoms with Gasteiger partial charge in [0.25, 0.3) is 0 Å². The van der Waals surface area contributed by atoms with Gasteiger partial charge in [-0.2, -0.15) is 0 Å². The Labute approximate surface area is 98.2 Å². The van der Waals surface area contributed by atoms with E-state index in [2.05, 4.69) is 5.32 Å². The zero-order valence-corrected chi connectivity index (χ0v) is 10.3. The van der Waals surface area contributed by atoms with Crippen molar-refractivity contribution in [3.63, 3.8) is 0 Å². The number of amides is 1. The fraction of sp³-hybridized carbons (Fsp3) is 0.923. The first-order valence-electron chi connectivity index (χ1n) is 6.68. The average molecular weight is 224 g/mol. The molecule has 2 aliphatic rings. The van der Waals surface area contributed by atoms with E-state index in [1.54, 1.807) is 0 Å². The van der Waals surface area contributed by atoms with Crippen LogP contribution in [0.15, 0.2) is 0 Å². The van der Waals surface area contributed by atoms with E-state index in [1.807, 2.05) is 6.92 Å². The molecular formula is C13H24N2O. The third-order valence-corrected chi connectivity index (χ3v) is 4.23. The summed E-state index contributed by atoms with van der Waals surface area (Å²) >= 11 is 0. The number of carbonyl (C=O) groups excluding carboxylic acids is 1. The van der Waals surface area contributed by atoms with Crippen molar-refractivity contribution in [2.75, 3.05) is 6.54 Å². The molecule has 2 saturated carbocycles. The van der Waals surface area contributed by atoms with Gasteiger partial charge in [0, 0.05) is 6.54 Å². The molecule has 0 bridgehead atoms. The fourth-order valence-electron chi connectivity index (χ4n) is 2.75. The van der Waals surface area contributed by atoms with Crippen LogP contribution in [0.1, 0.15) is 51.9 Å². The SMILES string of the molecule is CC(N)(C(=O)NCCC1CCCC1)C1CC1. The van der Waals surface area contributed by atoms with Crippen molar-refractivity contribution in [2.45, 2.75) is 57.4 Å². The van der Waals surface area contributed by atoms with Gasteiger partial charge in [0.15, 0.2) is 0 Å². The predicted octanol–water partition coefficient (Wildman–Crippen LogP) is 1.81. The Morgan fingerprint density at radius 1 is 1.31 bits per heavy atom. The average Bonchev–Trinajstić information content (AvgIpc) is 2.99. The van der Waals surface area contributed by atoms with Crippen molar-refractivity contribution in [2.24, 2.45) is 17.6 Å². The molecule has 2 aliphatic carbocycles. The summed E-state index contributed by atoms with van der Waals surface area (Å²) in [4.78, 5) is 11.9. The largest absolute Gasteiger partial charge is 0.354 e. The minimum atomic E-state index is -0.629. The molecule has 0 radical (unpaired) electrons. The van der Waals surface area contributed by atoms with E-state index in [0.717, 1.165) is 31.7 Å². The lowest BCUT2D eigenvalue weighted by molar-refractivity contribution is -0.126. The smallest absolute Gasteiger partial charge is 0.240 e. The Balaban J connectivity index is 1.66. The second-order valence-corrected chi connectivity index (χ2v) is 5.75. The van der Waals surface area contributed by atoms with Gasteiger partial charge in [0.05, 0.1) is 5.54 Å². The van der Waals surface area contributed by atoms with Crippen molar-refractivity contribution < 1.29 is 4.79 Å². The summed E-state index contributed by atoms with van der Waals surface area (Å²) in [5.74, 6) is 1.30. The highest BCUT2D eigenvalue weighted by Gasteiger charge is 2.43. The van der Waals surface area contributed by atoms with Crippen LogP contribution >= 0.6 is 0 Å². The molecular weight excluding hydrogens is 200 g/mol. The highest BCUT2D eigenvalue weighted by Crippen LogP contribution is 2.38. The van der Waals surface area contributed by atoms with Gasteiger partial charge in [-0.15, -0.1) is 0 Å². The lowest BCUT2D eigenvalue weighted by atomic mass is 9.96. The summed E-state index contributed by atoms with van der Waals surface area (Å²) in [6.45, 7) is 2.68. The van der Waals surface area contributed by atoms with Crippen LogP contribution in [0.5, 0.6) is 0 Å². The van der Waals surface area contributed by atoms with E-state index in [4.69, 9.17) is 5.73 Å². The molecule has 3 nitrogen and oxygen atoms in total. The van der Waals surface area contributed by atoms with Crippen LogP contribution < -0.4 is 11.1 Å². The molecule has 0 aromatic rings. The molecule has 3 N–H and O–H groups in total. The Bertz CT molecular complexity index is 253. The fourth-order valence-corrected chi connectivity index (χ4v) is 2.75. The van der Waals surface area contributed by atoms with E-state index in [1.165, 1.54) is 25.7 Å². The summed E-state index contributed by atoms with van der Waals surface area (Å²) < 4.78 is 0. The van der Waals surface area contributed by atoms with Crippen molar-refractivity contribution in [1.29, 1.82) is 0 Å². The Hall–Kier alpha value is -0.570. The van der Waals surface area contributed by atoms with Crippen LogP contribution in [0.4, 0.5) is 0 Å². The molecule has 0 heterocycles. The standard InChI is InChI=1S/C13H24N2O/c1-13(14,11-6-7-11)12(16)15-9-8-10-4-2-3-5-10/h10-11H,2-9,14H2,1H3,(H,15,16). The number of nitrogens with two attached hydrogens (primary N) is 1. The van der Waals surface area contributed by atoms with E-state index >= 15 is 0 Å². The first-order valence-corrected chi connectivity index (χ1v) is 6.68. The van der Waals surface area contributed by atoms with Crippen LogP contribution in [0.25, 0.3) is 0 Å². The molecule has 92 valence electrons. The number of hydrogen-bond donors (Lipinski definition) is 2. The molecule has 1 unspecified atom stereocenters. The van der Waals surface area contributed by atoms with Crippen LogP contribution in [-0.2, 0) is 4.79 Å². The maximum Gasteiger partial charge on any atom is 0.240 e. The molecule has 0 aliphatic heterocycles. The normalized spacial score (nSPS) is 25.4. The van der Waals surface area contributed by atoms with Gasteiger partial charge in [-0.3, -0.25) is 4.79 Å². The second-order valence-electron chi connectivity index (χ2n) is 5.75. The first-order chi connectivity index (χ1) is 7.60. The number of hydrogen-bond acceptors (Lipinski definition) is 2. The van der Waals surface area contributed by atoms with Crippen LogP contribution in [0.3, 0.4) is 0 Å². The number of nitrogens with one attached hydrogen (secondary N) is 1. The molecule has 2 fully saturated rings. The molecule has 16 heavy (non-hydrogen) atoms.